The first-order valence-corrected chi connectivity index (χ1v) is 5.31. The number of hydrogen-bond acceptors (Lipinski definition) is 4. The Hall–Kier alpha value is -1.55. The second-order valence-corrected chi connectivity index (χ2v) is 3.17. The summed E-state index contributed by atoms with van der Waals surface area (Å²) in [6, 6.07) is 7.11. The SMILES string of the molecule is CCOC(=N)[C@H](O)c1ccccc1OCC. The molecule has 1 aromatic rings. The molecule has 1 atom stereocenters. The summed E-state index contributed by atoms with van der Waals surface area (Å²) in [5, 5.41) is 17.4. The second-order valence-electron chi connectivity index (χ2n) is 3.17. The van der Waals surface area contributed by atoms with Crippen molar-refractivity contribution in [3.63, 3.8) is 0 Å². The summed E-state index contributed by atoms with van der Waals surface area (Å²) < 4.78 is 10.3. The molecule has 0 aromatic heterocycles. The van der Waals surface area contributed by atoms with Gasteiger partial charge in [-0.05, 0) is 19.9 Å². The summed E-state index contributed by atoms with van der Waals surface area (Å²) in [4.78, 5) is 0. The Morgan fingerprint density at radius 3 is 2.62 bits per heavy atom. The lowest BCUT2D eigenvalue weighted by molar-refractivity contribution is 0.185. The van der Waals surface area contributed by atoms with Crippen molar-refractivity contribution in [1.82, 2.24) is 0 Å². The van der Waals surface area contributed by atoms with E-state index in [1.807, 2.05) is 13.0 Å². The van der Waals surface area contributed by atoms with Crippen molar-refractivity contribution >= 4 is 5.90 Å². The molecule has 0 aliphatic heterocycles. The smallest absolute Gasteiger partial charge is 0.215 e. The van der Waals surface area contributed by atoms with Crippen molar-refractivity contribution in [3.05, 3.63) is 29.8 Å². The zero-order chi connectivity index (χ0) is 12.0. The van der Waals surface area contributed by atoms with Crippen LogP contribution in [0.1, 0.15) is 25.5 Å². The van der Waals surface area contributed by atoms with Crippen molar-refractivity contribution < 1.29 is 14.6 Å². The zero-order valence-corrected chi connectivity index (χ0v) is 9.56. The van der Waals surface area contributed by atoms with E-state index in [1.165, 1.54) is 0 Å². The van der Waals surface area contributed by atoms with Gasteiger partial charge in [-0.3, -0.25) is 5.41 Å². The lowest BCUT2D eigenvalue weighted by Crippen LogP contribution is -2.15. The number of ether oxygens (including phenoxy) is 2. The van der Waals surface area contributed by atoms with Crippen LogP contribution < -0.4 is 4.74 Å². The van der Waals surface area contributed by atoms with Crippen LogP contribution >= 0.6 is 0 Å². The molecule has 0 bridgehead atoms. The Balaban J connectivity index is 2.89. The summed E-state index contributed by atoms with van der Waals surface area (Å²) in [6.45, 7) is 4.53. The minimum Gasteiger partial charge on any atom is -0.493 e. The normalized spacial score (nSPS) is 11.9. The topological polar surface area (TPSA) is 62.5 Å². The predicted octanol–water partition coefficient (Wildman–Crippen LogP) is 2.13. The van der Waals surface area contributed by atoms with Gasteiger partial charge in [0.15, 0.2) is 6.10 Å². The maximum Gasteiger partial charge on any atom is 0.215 e. The standard InChI is InChI=1S/C12H17NO3/c1-3-15-10-8-6-5-7-9(10)11(14)12(13)16-4-2/h5-8,11,13-14H,3-4H2,1-2H3/t11-/m1/s1. The molecule has 4 heteroatoms. The van der Waals surface area contributed by atoms with E-state index in [9.17, 15) is 5.11 Å². The van der Waals surface area contributed by atoms with E-state index in [4.69, 9.17) is 14.9 Å². The van der Waals surface area contributed by atoms with Gasteiger partial charge in [0.1, 0.15) is 5.75 Å². The lowest BCUT2D eigenvalue weighted by atomic mass is 10.1. The number of benzene rings is 1. The molecule has 2 N–H and O–H groups in total. The van der Waals surface area contributed by atoms with Gasteiger partial charge in [-0.2, -0.15) is 0 Å². The van der Waals surface area contributed by atoms with Gasteiger partial charge in [-0.25, -0.2) is 0 Å². The fourth-order valence-corrected chi connectivity index (χ4v) is 1.37. The second kappa shape index (κ2) is 6.12. The molecule has 0 aliphatic rings. The average molecular weight is 223 g/mol. The van der Waals surface area contributed by atoms with Crippen LogP contribution in [0, 0.1) is 5.41 Å². The summed E-state index contributed by atoms with van der Waals surface area (Å²) in [7, 11) is 0. The van der Waals surface area contributed by atoms with Crippen LogP contribution in [0.15, 0.2) is 24.3 Å². The zero-order valence-electron chi connectivity index (χ0n) is 9.56. The molecule has 16 heavy (non-hydrogen) atoms. The molecule has 1 rings (SSSR count). The van der Waals surface area contributed by atoms with Crippen LogP contribution in [0.25, 0.3) is 0 Å². The molecule has 0 saturated carbocycles. The summed E-state index contributed by atoms with van der Waals surface area (Å²) >= 11 is 0. The predicted molar refractivity (Wildman–Crippen MR) is 61.9 cm³/mol. The van der Waals surface area contributed by atoms with E-state index < -0.39 is 6.10 Å². The van der Waals surface area contributed by atoms with Gasteiger partial charge in [0.2, 0.25) is 5.90 Å². The first-order valence-electron chi connectivity index (χ1n) is 5.31. The van der Waals surface area contributed by atoms with Gasteiger partial charge in [-0.1, -0.05) is 18.2 Å². The molecule has 0 spiro atoms. The molecule has 0 aliphatic carbocycles. The largest absolute Gasteiger partial charge is 0.493 e. The highest BCUT2D eigenvalue weighted by Gasteiger charge is 2.18. The molecule has 4 nitrogen and oxygen atoms in total. The minimum absolute atomic E-state index is 0.158. The van der Waals surface area contributed by atoms with E-state index >= 15 is 0 Å². The molecule has 0 heterocycles. The van der Waals surface area contributed by atoms with Crippen molar-refractivity contribution in [2.45, 2.75) is 20.0 Å². The van der Waals surface area contributed by atoms with Crippen molar-refractivity contribution in [1.29, 1.82) is 5.41 Å². The van der Waals surface area contributed by atoms with Crippen LogP contribution in [-0.2, 0) is 4.74 Å². The molecular formula is C12H17NO3. The third-order valence-corrected chi connectivity index (χ3v) is 2.06. The number of rotatable bonds is 5. The van der Waals surface area contributed by atoms with Crippen LogP contribution in [0.2, 0.25) is 0 Å². The summed E-state index contributed by atoms with van der Waals surface area (Å²) in [5.74, 6) is 0.427. The average Bonchev–Trinajstić information content (AvgIpc) is 2.29. The maximum absolute atomic E-state index is 9.90. The lowest BCUT2D eigenvalue weighted by Gasteiger charge is -2.16. The third-order valence-electron chi connectivity index (χ3n) is 2.06. The van der Waals surface area contributed by atoms with Crippen LogP contribution in [-0.4, -0.2) is 24.2 Å². The Kier molecular flexibility index (Phi) is 4.79. The van der Waals surface area contributed by atoms with E-state index in [0.29, 0.717) is 24.5 Å². The van der Waals surface area contributed by atoms with Crippen LogP contribution in [0.4, 0.5) is 0 Å². The van der Waals surface area contributed by atoms with E-state index in [-0.39, 0.29) is 5.90 Å². The van der Waals surface area contributed by atoms with Crippen molar-refractivity contribution in [2.24, 2.45) is 0 Å². The number of hydrogen-bond donors (Lipinski definition) is 2. The van der Waals surface area contributed by atoms with Gasteiger partial charge in [0.05, 0.1) is 13.2 Å². The Bertz CT molecular complexity index is 352. The molecule has 88 valence electrons. The maximum atomic E-state index is 9.90. The monoisotopic (exact) mass is 223 g/mol. The Morgan fingerprint density at radius 2 is 2.00 bits per heavy atom. The molecule has 0 unspecified atom stereocenters. The van der Waals surface area contributed by atoms with Crippen molar-refractivity contribution in [2.75, 3.05) is 13.2 Å². The van der Waals surface area contributed by atoms with Crippen molar-refractivity contribution in [3.8, 4) is 5.75 Å². The molecule has 0 saturated heterocycles. The van der Waals surface area contributed by atoms with E-state index in [2.05, 4.69) is 0 Å². The molecule has 0 amide bonds. The fraction of sp³-hybridized carbons (Fsp3) is 0.417. The minimum atomic E-state index is -1.07. The molecular weight excluding hydrogens is 206 g/mol. The fourth-order valence-electron chi connectivity index (χ4n) is 1.37. The van der Waals surface area contributed by atoms with Crippen LogP contribution in [0.3, 0.4) is 0 Å². The number of nitrogens with one attached hydrogen (secondary N) is 1. The molecule has 1 aromatic carbocycles. The van der Waals surface area contributed by atoms with E-state index in [1.54, 1.807) is 25.1 Å². The first-order chi connectivity index (χ1) is 7.70. The van der Waals surface area contributed by atoms with Gasteiger partial charge in [-0.15, -0.1) is 0 Å². The Morgan fingerprint density at radius 1 is 1.31 bits per heavy atom. The van der Waals surface area contributed by atoms with Gasteiger partial charge >= 0.3 is 0 Å². The number of aliphatic hydroxyl groups excluding tert-OH is 1. The Labute approximate surface area is 95.3 Å². The van der Waals surface area contributed by atoms with Gasteiger partial charge in [0.25, 0.3) is 0 Å². The van der Waals surface area contributed by atoms with Crippen LogP contribution in [0.5, 0.6) is 5.75 Å². The summed E-state index contributed by atoms with van der Waals surface area (Å²) in [6.07, 6.45) is -1.07. The quantitative estimate of drug-likeness (QED) is 0.593. The summed E-state index contributed by atoms with van der Waals surface area (Å²) in [5.41, 5.74) is 0.558. The molecule has 0 radical (unpaired) electrons. The van der Waals surface area contributed by atoms with E-state index in [0.717, 1.165) is 0 Å². The highest BCUT2D eigenvalue weighted by Crippen LogP contribution is 2.25. The highest BCUT2D eigenvalue weighted by atomic mass is 16.5. The molecule has 0 fully saturated rings. The van der Waals surface area contributed by atoms with Gasteiger partial charge < -0.3 is 14.6 Å². The highest BCUT2D eigenvalue weighted by molar-refractivity contribution is 5.79. The third kappa shape index (κ3) is 2.97. The number of aliphatic hydroxyl groups is 1. The number of para-hydroxylation sites is 1. The van der Waals surface area contributed by atoms with Gasteiger partial charge in [0, 0.05) is 5.56 Å². The first kappa shape index (κ1) is 12.5.